The molecule has 0 saturated heterocycles. The molecule has 8 heteroatoms. The largest absolute Gasteiger partial charge is 0.368 e. The van der Waals surface area contributed by atoms with Gasteiger partial charge in [0.05, 0.1) is 5.92 Å². The molecule has 0 spiro atoms. The van der Waals surface area contributed by atoms with Crippen LogP contribution in [0.4, 0.5) is 5.82 Å². The van der Waals surface area contributed by atoms with Crippen LogP contribution in [0.5, 0.6) is 0 Å². The first-order chi connectivity index (χ1) is 12.0. The van der Waals surface area contributed by atoms with Crippen molar-refractivity contribution < 1.29 is 4.79 Å². The minimum absolute atomic E-state index is 0.442. The van der Waals surface area contributed by atoms with Crippen LogP contribution in [0.15, 0.2) is 29.6 Å². The van der Waals surface area contributed by atoms with Gasteiger partial charge in [-0.1, -0.05) is 41.0 Å². The van der Waals surface area contributed by atoms with Gasteiger partial charge in [0.2, 0.25) is 0 Å². The summed E-state index contributed by atoms with van der Waals surface area (Å²) >= 11 is 14.0. The molecule has 0 amide bonds. The molecule has 1 atom stereocenters. The first-order valence-corrected chi connectivity index (χ1v) is 9.64. The minimum Gasteiger partial charge on any atom is -0.368 e. The smallest absolute Gasteiger partial charge is 0.189 e. The Morgan fingerprint density at radius 3 is 2.56 bits per heavy atom. The maximum absolute atomic E-state index is 11.9. The van der Waals surface area contributed by atoms with E-state index in [4.69, 9.17) is 23.2 Å². The quantitative estimate of drug-likeness (QED) is 0.414. The number of aldehydes is 1. The second-order valence-corrected chi connectivity index (χ2v) is 7.23. The zero-order valence-electron chi connectivity index (χ0n) is 14.3. The van der Waals surface area contributed by atoms with Crippen LogP contribution in [0.1, 0.15) is 17.0 Å². The van der Waals surface area contributed by atoms with Gasteiger partial charge in [0.1, 0.15) is 12.1 Å². The lowest BCUT2D eigenvalue weighted by Gasteiger charge is -2.19. The number of thioether (sulfide) groups is 1. The number of carbonyl (C=O) groups is 1. The van der Waals surface area contributed by atoms with Crippen LogP contribution in [0.2, 0.25) is 10.0 Å². The second kappa shape index (κ2) is 9.38. The standard InChI is InChI=1S/C17H20Cl2N4OS/c1-23(2)8-7-20-16-11(9-21-17(22-16)25-3)12(10-24)15-13(18)5-4-6-14(15)19/h4-6,9-10,12H,7-8H2,1-3H3,(H,20,21,22). The fourth-order valence-corrected chi connectivity index (χ4v) is 3.32. The van der Waals surface area contributed by atoms with Gasteiger partial charge >= 0.3 is 0 Å². The molecule has 1 N–H and O–H groups in total. The summed E-state index contributed by atoms with van der Waals surface area (Å²) in [6, 6.07) is 5.19. The molecule has 0 aliphatic rings. The lowest BCUT2D eigenvalue weighted by atomic mass is 9.93. The lowest BCUT2D eigenvalue weighted by molar-refractivity contribution is -0.108. The van der Waals surface area contributed by atoms with Crippen molar-refractivity contribution in [2.24, 2.45) is 0 Å². The third kappa shape index (κ3) is 5.07. The van der Waals surface area contributed by atoms with Crippen molar-refractivity contribution in [3.05, 3.63) is 45.6 Å². The summed E-state index contributed by atoms with van der Waals surface area (Å²) in [4.78, 5) is 22.8. The number of rotatable bonds is 8. The average molecular weight is 399 g/mol. The van der Waals surface area contributed by atoms with Crippen LogP contribution in [0.3, 0.4) is 0 Å². The predicted octanol–water partition coefficient (Wildman–Crippen LogP) is 3.81. The molecule has 0 fully saturated rings. The number of nitrogens with zero attached hydrogens (tertiary/aromatic N) is 3. The molecule has 1 unspecified atom stereocenters. The zero-order valence-corrected chi connectivity index (χ0v) is 16.6. The molecule has 1 heterocycles. The van der Waals surface area contributed by atoms with E-state index in [0.717, 1.165) is 12.8 Å². The summed E-state index contributed by atoms with van der Waals surface area (Å²) in [6.07, 6.45) is 4.39. The molecule has 0 aliphatic carbocycles. The van der Waals surface area contributed by atoms with Crippen molar-refractivity contribution in [1.29, 1.82) is 0 Å². The van der Waals surface area contributed by atoms with Gasteiger partial charge in [0.15, 0.2) is 5.16 Å². The molecule has 0 bridgehead atoms. The highest BCUT2D eigenvalue weighted by atomic mass is 35.5. The fraction of sp³-hybridized carbons (Fsp3) is 0.353. The molecule has 2 rings (SSSR count). The van der Waals surface area contributed by atoms with Crippen LogP contribution >= 0.6 is 35.0 Å². The maximum Gasteiger partial charge on any atom is 0.189 e. The van der Waals surface area contributed by atoms with E-state index in [0.29, 0.717) is 38.7 Å². The van der Waals surface area contributed by atoms with Crippen molar-refractivity contribution in [3.63, 3.8) is 0 Å². The average Bonchev–Trinajstić information content (AvgIpc) is 2.58. The van der Waals surface area contributed by atoms with E-state index >= 15 is 0 Å². The molecule has 25 heavy (non-hydrogen) atoms. The van der Waals surface area contributed by atoms with E-state index in [-0.39, 0.29) is 0 Å². The topological polar surface area (TPSA) is 58.1 Å². The van der Waals surface area contributed by atoms with Crippen molar-refractivity contribution in [2.45, 2.75) is 11.1 Å². The first kappa shape index (κ1) is 20.0. The van der Waals surface area contributed by atoms with Crippen molar-refractivity contribution in [3.8, 4) is 0 Å². The molecule has 1 aromatic carbocycles. The summed E-state index contributed by atoms with van der Waals surface area (Å²) in [5, 5.41) is 4.81. The SMILES string of the molecule is CSc1ncc(C(C=O)c2c(Cl)cccc2Cl)c(NCCN(C)C)n1. The maximum atomic E-state index is 11.9. The summed E-state index contributed by atoms with van der Waals surface area (Å²) < 4.78 is 0. The van der Waals surface area contributed by atoms with E-state index in [1.54, 1.807) is 24.4 Å². The molecule has 134 valence electrons. The monoisotopic (exact) mass is 398 g/mol. The normalized spacial score (nSPS) is 12.2. The Hall–Kier alpha value is -1.34. The summed E-state index contributed by atoms with van der Waals surface area (Å²) in [6.45, 7) is 1.52. The molecule has 5 nitrogen and oxygen atoms in total. The van der Waals surface area contributed by atoms with Crippen LogP contribution in [-0.4, -0.2) is 54.6 Å². The van der Waals surface area contributed by atoms with Gasteiger partial charge in [-0.2, -0.15) is 0 Å². The van der Waals surface area contributed by atoms with Crippen molar-refractivity contribution in [1.82, 2.24) is 14.9 Å². The number of carbonyl (C=O) groups excluding carboxylic acids is 1. The number of hydrogen-bond donors (Lipinski definition) is 1. The number of anilines is 1. The first-order valence-electron chi connectivity index (χ1n) is 7.66. The van der Waals surface area contributed by atoms with Crippen LogP contribution in [0, 0.1) is 0 Å². The number of benzene rings is 1. The van der Waals surface area contributed by atoms with E-state index in [9.17, 15) is 4.79 Å². The van der Waals surface area contributed by atoms with Crippen molar-refractivity contribution >= 4 is 47.1 Å². The van der Waals surface area contributed by atoms with Gasteiger partial charge in [0.25, 0.3) is 0 Å². The van der Waals surface area contributed by atoms with Gasteiger partial charge in [-0.25, -0.2) is 9.97 Å². The highest BCUT2D eigenvalue weighted by Crippen LogP contribution is 2.36. The number of likely N-dealkylation sites (N-methyl/N-ethyl adjacent to an activating group) is 1. The molecule has 0 radical (unpaired) electrons. The summed E-state index contributed by atoms with van der Waals surface area (Å²) in [7, 11) is 3.99. The van der Waals surface area contributed by atoms with E-state index in [1.807, 2.05) is 20.4 Å². The van der Waals surface area contributed by atoms with Crippen LogP contribution in [-0.2, 0) is 4.79 Å². The van der Waals surface area contributed by atoms with E-state index in [2.05, 4.69) is 20.2 Å². The number of halogens is 2. The number of hydrogen-bond acceptors (Lipinski definition) is 6. The third-order valence-electron chi connectivity index (χ3n) is 3.61. The molecular weight excluding hydrogens is 379 g/mol. The van der Waals surface area contributed by atoms with Gasteiger partial charge in [-0.15, -0.1) is 0 Å². The Morgan fingerprint density at radius 1 is 1.32 bits per heavy atom. The minimum atomic E-state index is -0.640. The Bertz CT molecular complexity index is 722. The lowest BCUT2D eigenvalue weighted by Crippen LogP contribution is -2.22. The van der Waals surface area contributed by atoms with E-state index in [1.165, 1.54) is 11.8 Å². The Balaban J connectivity index is 2.45. The summed E-state index contributed by atoms with van der Waals surface area (Å²) in [5.41, 5.74) is 1.22. The van der Waals surface area contributed by atoms with E-state index < -0.39 is 5.92 Å². The Labute approximate surface area is 162 Å². The van der Waals surface area contributed by atoms with Gasteiger partial charge in [-0.3, -0.25) is 0 Å². The Morgan fingerprint density at radius 2 is 2.00 bits per heavy atom. The molecular formula is C17H20Cl2N4OS. The Kier molecular flexibility index (Phi) is 7.50. The zero-order chi connectivity index (χ0) is 18.4. The second-order valence-electron chi connectivity index (χ2n) is 5.64. The highest BCUT2D eigenvalue weighted by molar-refractivity contribution is 7.98. The molecule has 2 aromatic rings. The van der Waals surface area contributed by atoms with Crippen LogP contribution < -0.4 is 5.32 Å². The van der Waals surface area contributed by atoms with Crippen molar-refractivity contribution in [2.75, 3.05) is 38.8 Å². The van der Waals surface area contributed by atoms with Gasteiger partial charge in [0, 0.05) is 40.5 Å². The third-order valence-corrected chi connectivity index (χ3v) is 4.83. The number of aromatic nitrogens is 2. The summed E-state index contributed by atoms with van der Waals surface area (Å²) in [5.74, 6) is -0.0201. The molecule has 0 saturated carbocycles. The molecule has 1 aromatic heterocycles. The van der Waals surface area contributed by atoms with Gasteiger partial charge in [-0.05, 0) is 32.5 Å². The predicted molar refractivity (Wildman–Crippen MR) is 105 cm³/mol. The highest BCUT2D eigenvalue weighted by Gasteiger charge is 2.24. The molecule has 0 aliphatic heterocycles. The fourth-order valence-electron chi connectivity index (χ4n) is 2.35. The number of nitrogens with one attached hydrogen (secondary N) is 1. The van der Waals surface area contributed by atoms with Crippen LogP contribution in [0.25, 0.3) is 0 Å². The van der Waals surface area contributed by atoms with Gasteiger partial charge < -0.3 is 15.0 Å².